The molecule has 1 aliphatic heterocycles. The molecular weight excluding hydrogens is 298 g/mol. The zero-order valence-electron chi connectivity index (χ0n) is 12.7. The summed E-state index contributed by atoms with van der Waals surface area (Å²) in [7, 11) is 0. The number of anilines is 1. The summed E-state index contributed by atoms with van der Waals surface area (Å²) in [4.78, 5) is 28.5. The molecule has 2 heterocycles. The minimum Gasteiger partial charge on any atom is -0.481 e. The van der Waals surface area contributed by atoms with Gasteiger partial charge in [-0.2, -0.15) is 0 Å². The number of aliphatic carboxylic acids is 1. The van der Waals surface area contributed by atoms with Crippen molar-refractivity contribution in [3.8, 4) is 0 Å². The first-order valence-electron chi connectivity index (χ1n) is 7.47. The molecule has 0 aliphatic carbocycles. The van der Waals surface area contributed by atoms with Crippen molar-refractivity contribution in [2.45, 2.75) is 13.3 Å². The number of carboxylic acid groups (broad SMARTS) is 1. The van der Waals surface area contributed by atoms with Crippen molar-refractivity contribution >= 4 is 28.2 Å². The number of nitro groups is 1. The zero-order chi connectivity index (χ0) is 16.6. The molecule has 2 unspecified atom stereocenters. The van der Waals surface area contributed by atoms with Crippen LogP contribution in [0.4, 0.5) is 11.4 Å². The van der Waals surface area contributed by atoms with E-state index in [0.717, 1.165) is 0 Å². The molecule has 0 amide bonds. The monoisotopic (exact) mass is 315 g/mol. The lowest BCUT2D eigenvalue weighted by atomic mass is 9.90. The van der Waals surface area contributed by atoms with E-state index in [1.807, 2.05) is 11.8 Å². The minimum atomic E-state index is -0.855. The number of nitro benzene ring substituents is 1. The van der Waals surface area contributed by atoms with Crippen molar-refractivity contribution in [1.82, 2.24) is 4.98 Å². The minimum absolute atomic E-state index is 0.00570. The Balaban J connectivity index is 2.10. The standard InChI is InChI=1S/C16H17N3O4/c1-10-7-11(16(20)21)9-18(8-10)14-5-4-13-12(3-2-6-17-13)15(14)19(22)23/h2-6,10-11H,7-9H2,1H3,(H,20,21). The Morgan fingerprint density at radius 3 is 2.87 bits per heavy atom. The molecule has 1 fully saturated rings. The molecular formula is C16H17N3O4. The third kappa shape index (κ3) is 2.81. The molecule has 7 heteroatoms. The SMILES string of the molecule is CC1CC(C(=O)O)CN(c2ccc3ncccc3c2[N+](=O)[O-])C1. The van der Waals surface area contributed by atoms with E-state index >= 15 is 0 Å². The van der Waals surface area contributed by atoms with Crippen LogP contribution in [0.3, 0.4) is 0 Å². The first-order chi connectivity index (χ1) is 11.0. The van der Waals surface area contributed by atoms with Crippen molar-refractivity contribution in [3.05, 3.63) is 40.6 Å². The van der Waals surface area contributed by atoms with Gasteiger partial charge in [-0.1, -0.05) is 6.92 Å². The normalized spacial score (nSPS) is 21.3. The predicted molar refractivity (Wildman–Crippen MR) is 85.5 cm³/mol. The number of fused-ring (bicyclic) bond motifs is 1. The number of pyridine rings is 1. The fourth-order valence-electron chi connectivity index (χ4n) is 3.30. The Hall–Kier alpha value is -2.70. The van der Waals surface area contributed by atoms with Crippen LogP contribution < -0.4 is 4.90 Å². The molecule has 0 saturated carbocycles. The average Bonchev–Trinajstić information content (AvgIpc) is 2.52. The van der Waals surface area contributed by atoms with Crippen molar-refractivity contribution in [3.63, 3.8) is 0 Å². The molecule has 120 valence electrons. The van der Waals surface area contributed by atoms with Gasteiger partial charge in [0.05, 0.1) is 21.7 Å². The number of benzene rings is 1. The highest BCUT2D eigenvalue weighted by Crippen LogP contribution is 2.37. The average molecular weight is 315 g/mol. The molecule has 2 aromatic rings. The van der Waals surface area contributed by atoms with Crippen LogP contribution in [0.2, 0.25) is 0 Å². The van der Waals surface area contributed by atoms with Gasteiger partial charge in [-0.05, 0) is 36.6 Å². The van der Waals surface area contributed by atoms with Gasteiger partial charge in [-0.15, -0.1) is 0 Å². The van der Waals surface area contributed by atoms with Gasteiger partial charge >= 0.3 is 11.7 Å². The molecule has 1 saturated heterocycles. The van der Waals surface area contributed by atoms with Crippen molar-refractivity contribution in [1.29, 1.82) is 0 Å². The lowest BCUT2D eigenvalue weighted by Crippen LogP contribution is -2.42. The van der Waals surface area contributed by atoms with Gasteiger partial charge in [0.1, 0.15) is 5.69 Å². The Labute approximate surface area is 132 Å². The van der Waals surface area contributed by atoms with Gasteiger partial charge in [0.15, 0.2) is 0 Å². The molecule has 0 radical (unpaired) electrons. The second kappa shape index (κ2) is 5.83. The van der Waals surface area contributed by atoms with Crippen LogP contribution >= 0.6 is 0 Å². The van der Waals surface area contributed by atoms with E-state index in [9.17, 15) is 20.0 Å². The van der Waals surface area contributed by atoms with Crippen LogP contribution in [-0.4, -0.2) is 34.1 Å². The van der Waals surface area contributed by atoms with Crippen LogP contribution in [0.5, 0.6) is 0 Å². The fraction of sp³-hybridized carbons (Fsp3) is 0.375. The lowest BCUT2D eigenvalue weighted by molar-refractivity contribution is -0.382. The van der Waals surface area contributed by atoms with Crippen molar-refractivity contribution in [2.24, 2.45) is 11.8 Å². The molecule has 0 bridgehead atoms. The third-order valence-corrected chi connectivity index (χ3v) is 4.27. The number of hydrogen-bond acceptors (Lipinski definition) is 5. The first-order valence-corrected chi connectivity index (χ1v) is 7.47. The molecule has 7 nitrogen and oxygen atoms in total. The maximum Gasteiger partial charge on any atom is 0.308 e. The van der Waals surface area contributed by atoms with Gasteiger partial charge < -0.3 is 10.0 Å². The summed E-state index contributed by atoms with van der Waals surface area (Å²) in [5.74, 6) is -1.20. The van der Waals surface area contributed by atoms with E-state index in [2.05, 4.69) is 4.98 Å². The number of carbonyl (C=O) groups is 1. The van der Waals surface area contributed by atoms with Crippen LogP contribution in [0.25, 0.3) is 10.9 Å². The second-order valence-electron chi connectivity index (χ2n) is 6.04. The van der Waals surface area contributed by atoms with Crippen LogP contribution in [0.1, 0.15) is 13.3 Å². The van der Waals surface area contributed by atoms with Crippen LogP contribution in [0, 0.1) is 22.0 Å². The Bertz CT molecular complexity index is 777. The zero-order valence-corrected chi connectivity index (χ0v) is 12.7. The highest BCUT2D eigenvalue weighted by molar-refractivity contribution is 5.94. The summed E-state index contributed by atoms with van der Waals surface area (Å²) in [5, 5.41) is 21.4. The van der Waals surface area contributed by atoms with E-state index in [1.54, 1.807) is 30.5 Å². The summed E-state index contributed by atoms with van der Waals surface area (Å²) in [5.41, 5.74) is 1.02. The maximum atomic E-state index is 11.6. The van der Waals surface area contributed by atoms with E-state index in [4.69, 9.17) is 0 Å². The van der Waals surface area contributed by atoms with Crippen LogP contribution in [-0.2, 0) is 4.79 Å². The van der Waals surface area contributed by atoms with E-state index < -0.39 is 16.8 Å². The molecule has 1 aliphatic rings. The summed E-state index contributed by atoms with van der Waals surface area (Å²) in [6.45, 7) is 2.86. The molecule has 1 aromatic carbocycles. The van der Waals surface area contributed by atoms with E-state index in [0.29, 0.717) is 29.6 Å². The topological polar surface area (TPSA) is 96.6 Å². The number of piperidine rings is 1. The highest BCUT2D eigenvalue weighted by atomic mass is 16.6. The first kappa shape index (κ1) is 15.2. The van der Waals surface area contributed by atoms with Gasteiger partial charge in [0.25, 0.3) is 0 Å². The number of rotatable bonds is 3. The smallest absolute Gasteiger partial charge is 0.308 e. The third-order valence-electron chi connectivity index (χ3n) is 4.27. The van der Waals surface area contributed by atoms with E-state index in [1.165, 1.54) is 0 Å². The Morgan fingerprint density at radius 2 is 2.17 bits per heavy atom. The molecule has 3 rings (SSSR count). The molecule has 2 atom stereocenters. The maximum absolute atomic E-state index is 11.6. The number of hydrogen-bond donors (Lipinski definition) is 1. The van der Waals surface area contributed by atoms with Gasteiger partial charge in [0, 0.05) is 19.3 Å². The number of aromatic nitrogens is 1. The molecule has 23 heavy (non-hydrogen) atoms. The summed E-state index contributed by atoms with van der Waals surface area (Å²) in [6, 6.07) is 6.75. The van der Waals surface area contributed by atoms with Crippen molar-refractivity contribution in [2.75, 3.05) is 18.0 Å². The Morgan fingerprint density at radius 1 is 1.39 bits per heavy atom. The largest absolute Gasteiger partial charge is 0.481 e. The van der Waals surface area contributed by atoms with E-state index in [-0.39, 0.29) is 18.2 Å². The highest BCUT2D eigenvalue weighted by Gasteiger charge is 2.33. The summed E-state index contributed by atoms with van der Waals surface area (Å²) in [6.07, 6.45) is 2.18. The number of carboxylic acids is 1. The Kier molecular flexibility index (Phi) is 3.85. The summed E-state index contributed by atoms with van der Waals surface area (Å²) >= 11 is 0. The number of nitrogens with zero attached hydrogens (tertiary/aromatic N) is 3. The second-order valence-corrected chi connectivity index (χ2v) is 6.04. The van der Waals surface area contributed by atoms with Gasteiger partial charge in [-0.25, -0.2) is 0 Å². The predicted octanol–water partition coefficient (Wildman–Crippen LogP) is 2.69. The molecule has 1 N–H and O–H groups in total. The summed E-state index contributed by atoms with van der Waals surface area (Å²) < 4.78 is 0. The van der Waals surface area contributed by atoms with Crippen molar-refractivity contribution < 1.29 is 14.8 Å². The van der Waals surface area contributed by atoms with Crippen LogP contribution in [0.15, 0.2) is 30.5 Å². The quantitative estimate of drug-likeness (QED) is 0.691. The fourth-order valence-corrected chi connectivity index (χ4v) is 3.30. The molecule has 1 aromatic heterocycles. The molecule has 0 spiro atoms. The van der Waals surface area contributed by atoms with Gasteiger partial charge in [-0.3, -0.25) is 19.9 Å². The van der Waals surface area contributed by atoms with Gasteiger partial charge in [0.2, 0.25) is 0 Å². The lowest BCUT2D eigenvalue weighted by Gasteiger charge is -2.36.